The Morgan fingerprint density at radius 1 is 1.33 bits per heavy atom. The van der Waals surface area contributed by atoms with Crippen molar-refractivity contribution in [3.05, 3.63) is 59.3 Å². The zero-order valence-corrected chi connectivity index (χ0v) is 11.6. The fraction of sp³-hybridized carbons (Fsp3) is 0.250. The minimum absolute atomic E-state index is 0.258. The molecule has 2 N–H and O–H groups in total. The van der Waals surface area contributed by atoms with Crippen LogP contribution in [0.2, 0.25) is 0 Å². The van der Waals surface area contributed by atoms with Crippen LogP contribution in [0.15, 0.2) is 42.6 Å². The zero-order valence-electron chi connectivity index (χ0n) is 11.6. The highest BCUT2D eigenvalue weighted by Crippen LogP contribution is 2.31. The summed E-state index contributed by atoms with van der Waals surface area (Å²) in [5, 5.41) is 13.0. The minimum Gasteiger partial charge on any atom is -0.481 e. The Morgan fingerprint density at radius 3 is 2.86 bits per heavy atom. The number of aliphatic hydroxyl groups excluding tert-OH is 1. The Hall–Kier alpha value is -2.40. The van der Waals surface area contributed by atoms with Crippen LogP contribution in [0.1, 0.15) is 27.5 Å². The van der Waals surface area contributed by atoms with Gasteiger partial charge in [0.05, 0.1) is 24.8 Å². The topological polar surface area (TPSA) is 71.5 Å². The SMILES string of the molecule is COc1ccc(C(=O)NC2c3ccccc3CC2O)cn1. The van der Waals surface area contributed by atoms with Crippen molar-refractivity contribution < 1.29 is 14.6 Å². The summed E-state index contributed by atoms with van der Waals surface area (Å²) in [6.07, 6.45) is 1.42. The minimum atomic E-state index is -0.599. The number of amides is 1. The second-order valence-corrected chi connectivity index (χ2v) is 5.01. The number of nitrogens with one attached hydrogen (secondary N) is 1. The molecule has 5 nitrogen and oxygen atoms in total. The number of ether oxygens (including phenoxy) is 1. The van der Waals surface area contributed by atoms with Crippen LogP contribution in [-0.2, 0) is 6.42 Å². The molecule has 1 aromatic carbocycles. The van der Waals surface area contributed by atoms with Crippen molar-refractivity contribution in [1.82, 2.24) is 10.3 Å². The van der Waals surface area contributed by atoms with Gasteiger partial charge in [0.15, 0.2) is 0 Å². The summed E-state index contributed by atoms with van der Waals surface area (Å²) >= 11 is 0. The smallest absolute Gasteiger partial charge is 0.253 e. The van der Waals surface area contributed by atoms with Crippen LogP contribution >= 0.6 is 0 Å². The lowest BCUT2D eigenvalue weighted by molar-refractivity contribution is 0.0858. The molecular weight excluding hydrogens is 268 g/mol. The van der Waals surface area contributed by atoms with E-state index in [9.17, 15) is 9.90 Å². The Kier molecular flexibility index (Phi) is 3.58. The van der Waals surface area contributed by atoms with E-state index in [0.29, 0.717) is 17.9 Å². The van der Waals surface area contributed by atoms with Crippen LogP contribution in [0.3, 0.4) is 0 Å². The molecule has 0 saturated heterocycles. The molecule has 1 heterocycles. The standard InChI is InChI=1S/C16H16N2O3/c1-21-14-7-6-11(9-17-14)16(20)18-15-12-5-3-2-4-10(12)8-13(15)19/h2-7,9,13,15,19H,8H2,1H3,(H,18,20). The molecule has 2 unspecified atom stereocenters. The van der Waals surface area contributed by atoms with Crippen molar-refractivity contribution in [3.63, 3.8) is 0 Å². The fourth-order valence-electron chi connectivity index (χ4n) is 2.61. The molecule has 108 valence electrons. The number of nitrogens with zero attached hydrogens (tertiary/aromatic N) is 1. The van der Waals surface area contributed by atoms with E-state index in [1.54, 1.807) is 12.1 Å². The number of methoxy groups -OCH3 is 1. The maximum absolute atomic E-state index is 12.3. The number of benzene rings is 1. The number of aliphatic hydroxyl groups is 1. The molecule has 0 bridgehead atoms. The molecule has 1 amide bonds. The van der Waals surface area contributed by atoms with Gasteiger partial charge in [0.25, 0.3) is 5.91 Å². The first kappa shape index (κ1) is 13.6. The largest absolute Gasteiger partial charge is 0.481 e. The molecule has 1 aliphatic rings. The van der Waals surface area contributed by atoms with Crippen molar-refractivity contribution in [1.29, 1.82) is 0 Å². The summed E-state index contributed by atoms with van der Waals surface area (Å²) < 4.78 is 4.96. The third-order valence-corrected chi connectivity index (χ3v) is 3.70. The van der Waals surface area contributed by atoms with Gasteiger partial charge in [-0.2, -0.15) is 0 Å². The van der Waals surface area contributed by atoms with Gasteiger partial charge in [0, 0.05) is 18.7 Å². The molecule has 0 aliphatic heterocycles. The summed E-state index contributed by atoms with van der Waals surface area (Å²) in [6, 6.07) is 10.6. The molecule has 21 heavy (non-hydrogen) atoms. The highest BCUT2D eigenvalue weighted by Gasteiger charge is 2.32. The third kappa shape index (κ3) is 2.60. The van der Waals surface area contributed by atoms with Crippen molar-refractivity contribution in [2.24, 2.45) is 0 Å². The number of carbonyl (C=O) groups is 1. The zero-order chi connectivity index (χ0) is 14.8. The first-order valence-electron chi connectivity index (χ1n) is 6.76. The fourth-order valence-corrected chi connectivity index (χ4v) is 2.61. The quantitative estimate of drug-likeness (QED) is 0.895. The number of hydrogen-bond acceptors (Lipinski definition) is 4. The molecule has 0 saturated carbocycles. The van der Waals surface area contributed by atoms with Gasteiger partial charge in [-0.25, -0.2) is 4.98 Å². The van der Waals surface area contributed by atoms with Gasteiger partial charge in [-0.1, -0.05) is 24.3 Å². The second kappa shape index (κ2) is 5.54. The van der Waals surface area contributed by atoms with Crippen molar-refractivity contribution in [2.75, 3.05) is 7.11 Å². The van der Waals surface area contributed by atoms with E-state index in [0.717, 1.165) is 11.1 Å². The van der Waals surface area contributed by atoms with Crippen LogP contribution in [0.4, 0.5) is 0 Å². The monoisotopic (exact) mass is 284 g/mol. The Bertz CT molecular complexity index is 655. The van der Waals surface area contributed by atoms with Crippen LogP contribution in [0, 0.1) is 0 Å². The van der Waals surface area contributed by atoms with Crippen molar-refractivity contribution in [3.8, 4) is 5.88 Å². The average Bonchev–Trinajstić information content (AvgIpc) is 2.83. The number of fused-ring (bicyclic) bond motifs is 1. The van der Waals surface area contributed by atoms with E-state index in [1.165, 1.54) is 13.3 Å². The number of rotatable bonds is 3. The van der Waals surface area contributed by atoms with E-state index < -0.39 is 6.10 Å². The third-order valence-electron chi connectivity index (χ3n) is 3.70. The van der Waals surface area contributed by atoms with E-state index in [2.05, 4.69) is 10.3 Å². The van der Waals surface area contributed by atoms with Gasteiger partial charge >= 0.3 is 0 Å². The molecule has 0 radical (unpaired) electrons. The van der Waals surface area contributed by atoms with Gasteiger partial charge in [-0.05, 0) is 17.2 Å². The maximum Gasteiger partial charge on any atom is 0.253 e. The number of carbonyl (C=O) groups excluding carboxylic acids is 1. The summed E-state index contributed by atoms with van der Waals surface area (Å²) in [5.41, 5.74) is 2.48. The van der Waals surface area contributed by atoms with E-state index in [-0.39, 0.29) is 11.9 Å². The van der Waals surface area contributed by atoms with E-state index in [4.69, 9.17) is 4.74 Å². The van der Waals surface area contributed by atoms with Crippen LogP contribution in [0.5, 0.6) is 5.88 Å². The van der Waals surface area contributed by atoms with Crippen LogP contribution < -0.4 is 10.1 Å². The van der Waals surface area contributed by atoms with Crippen LogP contribution in [0.25, 0.3) is 0 Å². The second-order valence-electron chi connectivity index (χ2n) is 5.01. The number of pyridine rings is 1. The predicted octanol–water partition coefficient (Wildman–Crippen LogP) is 1.48. The molecule has 5 heteroatoms. The Balaban J connectivity index is 1.78. The summed E-state index contributed by atoms with van der Waals surface area (Å²) in [6.45, 7) is 0. The predicted molar refractivity (Wildman–Crippen MR) is 77.1 cm³/mol. The van der Waals surface area contributed by atoms with Gasteiger partial charge in [0.2, 0.25) is 5.88 Å². The summed E-state index contributed by atoms with van der Waals surface area (Å²) in [4.78, 5) is 16.3. The lowest BCUT2D eigenvalue weighted by Crippen LogP contribution is -2.33. The van der Waals surface area contributed by atoms with Gasteiger partial charge in [-0.3, -0.25) is 4.79 Å². The van der Waals surface area contributed by atoms with Crippen molar-refractivity contribution >= 4 is 5.91 Å². The molecule has 3 rings (SSSR count). The highest BCUT2D eigenvalue weighted by atomic mass is 16.5. The van der Waals surface area contributed by atoms with Crippen molar-refractivity contribution in [2.45, 2.75) is 18.6 Å². The Morgan fingerprint density at radius 2 is 2.14 bits per heavy atom. The first-order chi connectivity index (χ1) is 10.2. The molecule has 2 aromatic rings. The lowest BCUT2D eigenvalue weighted by Gasteiger charge is -2.18. The maximum atomic E-state index is 12.3. The van der Waals surface area contributed by atoms with Crippen LogP contribution in [-0.4, -0.2) is 29.2 Å². The molecule has 1 aliphatic carbocycles. The van der Waals surface area contributed by atoms with E-state index >= 15 is 0 Å². The molecule has 1 aromatic heterocycles. The molecular formula is C16H16N2O3. The average molecular weight is 284 g/mol. The number of aromatic nitrogens is 1. The highest BCUT2D eigenvalue weighted by molar-refractivity contribution is 5.94. The van der Waals surface area contributed by atoms with E-state index in [1.807, 2.05) is 24.3 Å². The summed E-state index contributed by atoms with van der Waals surface area (Å²) in [7, 11) is 1.52. The molecule has 0 fully saturated rings. The Labute approximate surface area is 122 Å². The number of hydrogen-bond donors (Lipinski definition) is 2. The van der Waals surface area contributed by atoms with Gasteiger partial charge in [-0.15, -0.1) is 0 Å². The lowest BCUT2D eigenvalue weighted by atomic mass is 10.1. The normalized spacial score (nSPS) is 19.9. The molecule has 0 spiro atoms. The van der Waals surface area contributed by atoms with Gasteiger partial charge < -0.3 is 15.2 Å². The molecule has 2 atom stereocenters. The summed E-state index contributed by atoms with van der Waals surface area (Å²) in [5.74, 6) is 0.198. The van der Waals surface area contributed by atoms with Gasteiger partial charge in [0.1, 0.15) is 0 Å². The first-order valence-corrected chi connectivity index (χ1v) is 6.76.